The molecular formula is C21H22ClFN4O4S. The predicted molar refractivity (Wildman–Crippen MR) is 116 cm³/mol. The molecule has 170 valence electrons. The van der Waals surface area contributed by atoms with Crippen molar-refractivity contribution >= 4 is 27.5 Å². The molecule has 2 heterocycles. The molecule has 11 heteroatoms. The van der Waals surface area contributed by atoms with E-state index in [2.05, 4.69) is 10.1 Å². The molecule has 0 bridgehead atoms. The molecule has 0 radical (unpaired) electrons. The largest absolute Gasteiger partial charge is 0.444 e. The van der Waals surface area contributed by atoms with Gasteiger partial charge in [0.1, 0.15) is 16.4 Å². The molecule has 3 rings (SSSR count). The zero-order chi connectivity index (χ0) is 23.7. The van der Waals surface area contributed by atoms with Gasteiger partial charge in [-0.3, -0.25) is 4.98 Å². The molecule has 0 N–H and O–H groups in total. The number of ether oxygens (including phenoxy) is 1. The first kappa shape index (κ1) is 23.7. The van der Waals surface area contributed by atoms with Crippen molar-refractivity contribution in [2.75, 3.05) is 7.05 Å². The Morgan fingerprint density at radius 1 is 1.25 bits per heavy atom. The molecule has 0 fully saturated rings. The van der Waals surface area contributed by atoms with E-state index in [1.54, 1.807) is 20.8 Å². The minimum atomic E-state index is -4.09. The van der Waals surface area contributed by atoms with E-state index < -0.39 is 27.3 Å². The lowest BCUT2D eigenvalue weighted by Crippen LogP contribution is -2.33. The zero-order valence-electron chi connectivity index (χ0n) is 17.9. The smallest absolute Gasteiger partial charge is 0.410 e. The molecule has 0 aliphatic heterocycles. The van der Waals surface area contributed by atoms with Gasteiger partial charge in [0, 0.05) is 25.5 Å². The Balaban J connectivity index is 2.09. The maximum atomic E-state index is 14.1. The van der Waals surface area contributed by atoms with Crippen LogP contribution < -0.4 is 0 Å². The molecule has 0 aliphatic carbocycles. The number of halogens is 2. The second-order valence-electron chi connectivity index (χ2n) is 7.99. The Morgan fingerprint density at radius 3 is 2.59 bits per heavy atom. The van der Waals surface area contributed by atoms with Crippen LogP contribution >= 0.6 is 11.6 Å². The molecule has 3 aromatic rings. The number of hydrogen-bond acceptors (Lipinski definition) is 6. The van der Waals surface area contributed by atoms with Gasteiger partial charge in [-0.2, -0.15) is 5.10 Å². The number of amides is 1. The third-order valence-corrected chi connectivity index (χ3v) is 6.29. The van der Waals surface area contributed by atoms with Crippen LogP contribution in [0, 0.1) is 5.82 Å². The normalized spacial score (nSPS) is 11.9. The summed E-state index contributed by atoms with van der Waals surface area (Å²) in [5, 5.41) is 3.78. The number of benzene rings is 1. The van der Waals surface area contributed by atoms with Crippen molar-refractivity contribution in [2.24, 2.45) is 0 Å². The number of sulfone groups is 1. The Bertz CT molecular complexity index is 1240. The fourth-order valence-corrected chi connectivity index (χ4v) is 4.34. The van der Waals surface area contributed by atoms with E-state index in [0.717, 1.165) is 10.7 Å². The van der Waals surface area contributed by atoms with Crippen LogP contribution in [-0.2, 0) is 21.1 Å². The van der Waals surface area contributed by atoms with Crippen LogP contribution in [0.1, 0.15) is 26.5 Å². The number of nitrogens with zero attached hydrogens (tertiary/aromatic N) is 4. The molecule has 2 aromatic heterocycles. The second kappa shape index (κ2) is 8.87. The van der Waals surface area contributed by atoms with Crippen molar-refractivity contribution in [3.05, 3.63) is 65.3 Å². The van der Waals surface area contributed by atoms with E-state index in [1.807, 2.05) is 0 Å². The molecule has 8 nitrogen and oxygen atoms in total. The van der Waals surface area contributed by atoms with Gasteiger partial charge in [0.15, 0.2) is 5.03 Å². The molecular weight excluding hydrogens is 459 g/mol. The topological polar surface area (TPSA) is 94.4 Å². The van der Waals surface area contributed by atoms with Crippen molar-refractivity contribution in [2.45, 2.75) is 42.8 Å². The maximum Gasteiger partial charge on any atom is 0.410 e. The molecule has 0 saturated carbocycles. The van der Waals surface area contributed by atoms with Crippen LogP contribution in [0.3, 0.4) is 0 Å². The van der Waals surface area contributed by atoms with E-state index >= 15 is 0 Å². The number of aromatic nitrogens is 3. The first-order chi connectivity index (χ1) is 14.9. The lowest BCUT2D eigenvalue weighted by Gasteiger charge is -2.24. The highest BCUT2D eigenvalue weighted by Gasteiger charge is 2.28. The van der Waals surface area contributed by atoms with E-state index in [-0.39, 0.29) is 32.9 Å². The number of hydrogen-bond donors (Lipinski definition) is 0. The van der Waals surface area contributed by atoms with E-state index in [0.29, 0.717) is 0 Å². The van der Waals surface area contributed by atoms with Crippen LogP contribution in [0.25, 0.3) is 5.69 Å². The average molecular weight is 481 g/mol. The Labute approximate surface area is 190 Å². The summed E-state index contributed by atoms with van der Waals surface area (Å²) in [6.45, 7) is 5.15. The van der Waals surface area contributed by atoms with Crippen LogP contribution in [0.5, 0.6) is 0 Å². The summed E-state index contributed by atoms with van der Waals surface area (Å²) in [5.41, 5.74) is -0.421. The summed E-state index contributed by atoms with van der Waals surface area (Å²) in [6, 6.07) is 8.18. The fourth-order valence-electron chi connectivity index (χ4n) is 2.78. The van der Waals surface area contributed by atoms with Gasteiger partial charge in [0.25, 0.3) is 0 Å². The third-order valence-electron chi connectivity index (χ3n) is 4.21. The summed E-state index contributed by atoms with van der Waals surface area (Å²) in [7, 11) is -2.59. The van der Waals surface area contributed by atoms with Crippen molar-refractivity contribution in [3.8, 4) is 5.69 Å². The minimum absolute atomic E-state index is 0.0419. The molecule has 32 heavy (non-hydrogen) atoms. The van der Waals surface area contributed by atoms with Gasteiger partial charge < -0.3 is 9.64 Å². The van der Waals surface area contributed by atoms with Crippen molar-refractivity contribution in [1.82, 2.24) is 19.7 Å². The average Bonchev–Trinajstić information content (AvgIpc) is 3.13. The van der Waals surface area contributed by atoms with Gasteiger partial charge in [0.2, 0.25) is 9.84 Å². The highest BCUT2D eigenvalue weighted by molar-refractivity contribution is 7.91. The van der Waals surface area contributed by atoms with Crippen LogP contribution in [0.15, 0.2) is 58.7 Å². The van der Waals surface area contributed by atoms with Gasteiger partial charge in [-0.25, -0.2) is 22.3 Å². The standard InChI is InChI=1S/C21H22ClFN4O4S/c1-21(2,3)31-20(28)26(4)13-14-11-18(32(29,30)15-7-6-10-24-12-15)27(25-14)17-9-5-8-16(23)19(17)22/h5-12H,13H2,1-4H3. The lowest BCUT2D eigenvalue weighted by atomic mass is 10.2. The summed E-state index contributed by atoms with van der Waals surface area (Å²) < 4.78 is 47.1. The Hall–Kier alpha value is -2.98. The summed E-state index contributed by atoms with van der Waals surface area (Å²) >= 11 is 6.11. The van der Waals surface area contributed by atoms with Crippen molar-refractivity contribution < 1.29 is 22.3 Å². The summed E-state index contributed by atoms with van der Waals surface area (Å²) in [6.07, 6.45) is 2.04. The van der Waals surface area contributed by atoms with E-state index in [9.17, 15) is 17.6 Å². The zero-order valence-corrected chi connectivity index (χ0v) is 19.5. The highest BCUT2D eigenvalue weighted by atomic mass is 35.5. The monoisotopic (exact) mass is 480 g/mol. The number of carbonyl (C=O) groups excluding carboxylic acids is 1. The Kier molecular flexibility index (Phi) is 6.56. The maximum absolute atomic E-state index is 14.1. The van der Waals surface area contributed by atoms with Crippen molar-refractivity contribution in [3.63, 3.8) is 0 Å². The Morgan fingerprint density at radius 2 is 1.97 bits per heavy atom. The first-order valence-corrected chi connectivity index (χ1v) is 11.4. The highest BCUT2D eigenvalue weighted by Crippen LogP contribution is 2.29. The number of pyridine rings is 1. The van der Waals surface area contributed by atoms with Gasteiger partial charge in [0.05, 0.1) is 22.8 Å². The summed E-state index contributed by atoms with van der Waals surface area (Å²) in [5.74, 6) is -0.725. The minimum Gasteiger partial charge on any atom is -0.444 e. The molecule has 1 amide bonds. The van der Waals surface area contributed by atoms with Crippen LogP contribution in [0.2, 0.25) is 5.02 Å². The van der Waals surface area contributed by atoms with E-state index in [1.165, 1.54) is 54.7 Å². The van der Waals surface area contributed by atoms with E-state index in [4.69, 9.17) is 16.3 Å². The van der Waals surface area contributed by atoms with Crippen LogP contribution in [0.4, 0.5) is 9.18 Å². The number of carbonyl (C=O) groups is 1. The molecule has 0 unspecified atom stereocenters. The molecule has 0 saturated heterocycles. The quantitative estimate of drug-likeness (QED) is 0.541. The SMILES string of the molecule is CN(Cc1cc(S(=O)(=O)c2cccnc2)n(-c2cccc(F)c2Cl)n1)C(=O)OC(C)(C)C. The van der Waals surface area contributed by atoms with Gasteiger partial charge >= 0.3 is 6.09 Å². The second-order valence-corrected chi connectivity index (χ2v) is 10.3. The molecule has 0 aliphatic rings. The molecule has 1 aromatic carbocycles. The summed E-state index contributed by atoms with van der Waals surface area (Å²) in [4.78, 5) is 17.4. The van der Waals surface area contributed by atoms with Gasteiger partial charge in [-0.15, -0.1) is 0 Å². The third kappa shape index (κ3) is 5.08. The predicted octanol–water partition coefficient (Wildman–Crippen LogP) is 4.26. The molecule has 0 atom stereocenters. The van der Waals surface area contributed by atoms with Crippen molar-refractivity contribution in [1.29, 1.82) is 0 Å². The lowest BCUT2D eigenvalue weighted by molar-refractivity contribution is 0.0283. The van der Waals surface area contributed by atoms with Crippen LogP contribution in [-0.4, -0.2) is 46.8 Å². The number of rotatable bonds is 5. The van der Waals surface area contributed by atoms with Gasteiger partial charge in [-0.05, 0) is 45.0 Å². The molecule has 0 spiro atoms. The first-order valence-electron chi connectivity index (χ1n) is 9.53. The fraction of sp³-hybridized carbons (Fsp3) is 0.286. The van der Waals surface area contributed by atoms with Gasteiger partial charge in [-0.1, -0.05) is 17.7 Å².